The van der Waals surface area contributed by atoms with E-state index in [0.717, 1.165) is 39.5 Å². The number of aromatic nitrogens is 7. The Bertz CT molecular complexity index is 1450. The Morgan fingerprint density at radius 3 is 2.76 bits per heavy atom. The largest absolute Gasteiger partial charge is 0.476 e. The van der Waals surface area contributed by atoms with E-state index in [1.165, 1.54) is 0 Å². The molecule has 11 heteroatoms. The van der Waals surface area contributed by atoms with Crippen LogP contribution >= 0.6 is 0 Å². The molecular weight excluding hydrogens is 472 g/mol. The molecule has 2 bridgehead atoms. The second kappa shape index (κ2) is 9.98. The Kier molecular flexibility index (Phi) is 6.74. The molecule has 5 heterocycles. The van der Waals surface area contributed by atoms with Gasteiger partial charge in [0.1, 0.15) is 6.10 Å². The fraction of sp³-hybridized carbons (Fsp3) is 0.462. The Labute approximate surface area is 216 Å². The van der Waals surface area contributed by atoms with Gasteiger partial charge in [-0.15, -0.1) is 5.10 Å². The highest BCUT2D eigenvalue weighted by Crippen LogP contribution is 2.33. The smallest absolute Gasteiger partial charge is 0.240 e. The summed E-state index contributed by atoms with van der Waals surface area (Å²) in [6, 6.07) is -0.204. The number of hydrogen-bond donors (Lipinski definition) is 1. The monoisotopic (exact) mass is 506 g/mol. The summed E-state index contributed by atoms with van der Waals surface area (Å²) >= 11 is 0. The van der Waals surface area contributed by atoms with Crippen LogP contribution in [0.3, 0.4) is 0 Å². The van der Waals surface area contributed by atoms with Gasteiger partial charge in [-0.3, -0.25) is 19.0 Å². The van der Waals surface area contributed by atoms with Gasteiger partial charge in [0, 0.05) is 26.3 Å². The van der Waals surface area contributed by atoms with E-state index in [0.29, 0.717) is 31.5 Å². The van der Waals surface area contributed by atoms with Gasteiger partial charge in [-0.1, -0.05) is 0 Å². The van der Waals surface area contributed by atoms with Crippen LogP contribution in [0.15, 0.2) is 18.6 Å². The van der Waals surface area contributed by atoms with Gasteiger partial charge in [0.25, 0.3) is 0 Å². The van der Waals surface area contributed by atoms with Crippen LogP contribution in [-0.2, 0) is 13.6 Å². The van der Waals surface area contributed by atoms with Gasteiger partial charge in [0.15, 0.2) is 5.65 Å². The zero-order valence-electron chi connectivity index (χ0n) is 22.2. The van der Waals surface area contributed by atoms with Gasteiger partial charge in [0.05, 0.1) is 65.6 Å². The molecule has 0 saturated heterocycles. The topological polar surface area (TPSA) is 108 Å². The van der Waals surface area contributed by atoms with E-state index in [1.807, 2.05) is 75.4 Å². The fourth-order valence-corrected chi connectivity index (χ4v) is 4.85. The molecule has 0 saturated carbocycles. The molecule has 196 valence electrons. The molecular formula is C26H34N8O3. The van der Waals surface area contributed by atoms with E-state index in [1.54, 1.807) is 10.9 Å². The second-order valence-corrected chi connectivity index (χ2v) is 9.61. The van der Waals surface area contributed by atoms with Gasteiger partial charge in [-0.05, 0) is 46.9 Å². The Morgan fingerprint density at radius 1 is 1.19 bits per heavy atom. The van der Waals surface area contributed by atoms with Crippen molar-refractivity contribution in [2.75, 3.05) is 26.8 Å². The molecule has 0 aliphatic carbocycles. The van der Waals surface area contributed by atoms with Crippen LogP contribution in [-0.4, -0.2) is 76.8 Å². The van der Waals surface area contributed by atoms with E-state index in [4.69, 9.17) is 14.6 Å². The van der Waals surface area contributed by atoms with Gasteiger partial charge in [-0.2, -0.15) is 5.10 Å². The third-order valence-corrected chi connectivity index (χ3v) is 6.55. The zero-order chi connectivity index (χ0) is 26.3. The number of hydrogen-bond acceptors (Lipinski definition) is 8. The van der Waals surface area contributed by atoms with Crippen LogP contribution in [0.2, 0.25) is 0 Å². The molecule has 5 rings (SSSR count). The quantitative estimate of drug-likeness (QED) is 0.450. The number of aliphatic hydroxyl groups is 1. The molecule has 1 aliphatic rings. The first-order chi connectivity index (χ1) is 17.8. The van der Waals surface area contributed by atoms with Crippen LogP contribution in [0, 0.1) is 6.92 Å². The van der Waals surface area contributed by atoms with E-state index < -0.39 is 0 Å². The predicted molar refractivity (Wildman–Crippen MR) is 140 cm³/mol. The summed E-state index contributed by atoms with van der Waals surface area (Å²) in [7, 11) is 3.93. The lowest BCUT2D eigenvalue weighted by atomic mass is 10.1. The number of fused-ring (bicyclic) bond motifs is 4. The predicted octanol–water partition coefficient (Wildman–Crippen LogP) is 2.97. The Morgan fingerprint density at radius 2 is 2.00 bits per heavy atom. The number of nitrogens with zero attached hydrogens (tertiary/aromatic N) is 8. The fourth-order valence-electron chi connectivity index (χ4n) is 4.85. The molecule has 2 atom stereocenters. The Hall–Kier alpha value is -3.70. The molecule has 1 aliphatic heterocycles. The molecule has 37 heavy (non-hydrogen) atoms. The number of imidazole rings is 1. The van der Waals surface area contributed by atoms with Crippen molar-refractivity contribution in [3.63, 3.8) is 0 Å². The van der Waals surface area contributed by atoms with Crippen LogP contribution in [0.5, 0.6) is 11.8 Å². The average Bonchev–Trinajstić information content (AvgIpc) is 3.50. The van der Waals surface area contributed by atoms with Crippen molar-refractivity contribution in [2.24, 2.45) is 7.05 Å². The number of aliphatic hydroxyl groups excluding tert-OH is 1. The van der Waals surface area contributed by atoms with Crippen LogP contribution in [0.25, 0.3) is 29.1 Å². The number of likely N-dealkylation sites (N-methyl/N-ethyl adjacent to an activating group) is 1. The minimum Gasteiger partial charge on any atom is -0.476 e. The van der Waals surface area contributed by atoms with Crippen molar-refractivity contribution in [3.8, 4) is 23.0 Å². The maximum absolute atomic E-state index is 9.94. The first-order valence-electron chi connectivity index (χ1n) is 12.6. The van der Waals surface area contributed by atoms with Crippen molar-refractivity contribution in [1.82, 2.24) is 38.8 Å². The molecule has 0 spiro atoms. The van der Waals surface area contributed by atoms with Crippen molar-refractivity contribution >= 4 is 17.8 Å². The van der Waals surface area contributed by atoms with Crippen molar-refractivity contribution in [2.45, 2.75) is 46.4 Å². The third kappa shape index (κ3) is 4.60. The highest BCUT2D eigenvalue weighted by Gasteiger charge is 2.25. The van der Waals surface area contributed by atoms with E-state index >= 15 is 0 Å². The van der Waals surface area contributed by atoms with Crippen molar-refractivity contribution in [1.29, 1.82) is 0 Å². The Balaban J connectivity index is 1.72. The summed E-state index contributed by atoms with van der Waals surface area (Å²) in [6.07, 6.45) is 9.45. The van der Waals surface area contributed by atoms with Crippen molar-refractivity contribution in [3.05, 3.63) is 41.2 Å². The molecule has 0 amide bonds. The maximum atomic E-state index is 9.94. The lowest BCUT2D eigenvalue weighted by Crippen LogP contribution is -2.32. The van der Waals surface area contributed by atoms with Crippen LogP contribution < -0.4 is 9.47 Å². The lowest BCUT2D eigenvalue weighted by Gasteiger charge is -2.24. The summed E-state index contributed by atoms with van der Waals surface area (Å²) in [6.45, 7) is 9.60. The van der Waals surface area contributed by atoms with E-state index in [2.05, 4.69) is 20.0 Å². The first kappa shape index (κ1) is 25.0. The van der Waals surface area contributed by atoms with Crippen molar-refractivity contribution < 1.29 is 14.6 Å². The average molecular weight is 507 g/mol. The van der Waals surface area contributed by atoms with Gasteiger partial charge < -0.3 is 14.6 Å². The van der Waals surface area contributed by atoms with Gasteiger partial charge in [-0.25, -0.2) is 9.67 Å². The minimum atomic E-state index is -0.204. The summed E-state index contributed by atoms with van der Waals surface area (Å²) in [4.78, 5) is 11.4. The lowest BCUT2D eigenvalue weighted by molar-refractivity contribution is 0.145. The summed E-state index contributed by atoms with van der Waals surface area (Å²) < 4.78 is 18.0. The summed E-state index contributed by atoms with van der Waals surface area (Å²) in [5.74, 6) is 1.22. The SMILES string of the molecule is CCOc1nn([C@@H](C)CO)c2c1/C=C/c1cnc3cnc(cn13)-c1c(C)nn(C)c1O[C@@H](C)CN(C)C2. The van der Waals surface area contributed by atoms with E-state index in [-0.39, 0.29) is 18.8 Å². The number of aryl methyl sites for hydroxylation is 2. The van der Waals surface area contributed by atoms with E-state index in [9.17, 15) is 5.11 Å². The highest BCUT2D eigenvalue weighted by atomic mass is 16.5. The summed E-state index contributed by atoms with van der Waals surface area (Å²) in [5.41, 5.74) is 5.93. The normalized spacial score (nSPS) is 18.1. The minimum absolute atomic E-state index is 0.0295. The van der Waals surface area contributed by atoms with Crippen LogP contribution in [0.4, 0.5) is 0 Å². The molecule has 1 N–H and O–H groups in total. The zero-order valence-corrected chi connectivity index (χ0v) is 22.2. The molecule has 0 fully saturated rings. The van der Waals surface area contributed by atoms with Gasteiger partial charge in [0.2, 0.25) is 11.8 Å². The second-order valence-electron chi connectivity index (χ2n) is 9.61. The maximum Gasteiger partial charge on any atom is 0.240 e. The summed E-state index contributed by atoms with van der Waals surface area (Å²) in [5, 5.41) is 19.3. The van der Waals surface area contributed by atoms with Gasteiger partial charge >= 0.3 is 0 Å². The molecule has 0 unspecified atom stereocenters. The molecule has 11 nitrogen and oxygen atoms in total. The molecule has 0 radical (unpaired) electrons. The first-order valence-corrected chi connectivity index (χ1v) is 12.6. The van der Waals surface area contributed by atoms with Crippen LogP contribution in [0.1, 0.15) is 49.5 Å². The number of ether oxygens (including phenoxy) is 2. The molecule has 4 aromatic heterocycles. The third-order valence-electron chi connectivity index (χ3n) is 6.55. The molecule has 4 aromatic rings. The molecule has 0 aromatic carbocycles. The highest BCUT2D eigenvalue weighted by molar-refractivity contribution is 5.74. The standard InChI is InChI=1S/C26H34N8O3/c1-7-36-25-20-9-8-19-10-28-23-11-27-21(13-33(19)23)24-18(4)29-32(6)26(24)37-17(3)12-31(5)14-22(20)34(30-25)16(2)15-35/h8-11,13,16-17,35H,7,12,14-15H2,1-6H3/b9-8+/t16-,17-/m0/s1. The number of rotatable bonds is 4.